The number of nitrogens with one attached hydrogen (secondary N) is 1. The number of ether oxygens (including phenoxy) is 1. The molecule has 0 spiro atoms. The third kappa shape index (κ3) is 3.49. The smallest absolute Gasteiger partial charge is 0.137 e. The second-order valence-electron chi connectivity index (χ2n) is 5.25. The van der Waals surface area contributed by atoms with E-state index in [9.17, 15) is 0 Å². The number of hydrogen-bond donors (Lipinski definition) is 1. The minimum Gasteiger partial charge on any atom is -0.495 e. The molecule has 0 fully saturated rings. The van der Waals surface area contributed by atoms with E-state index in [0.717, 1.165) is 43.8 Å². The van der Waals surface area contributed by atoms with Crippen LogP contribution in [0.4, 0.5) is 0 Å². The van der Waals surface area contributed by atoms with Crippen LogP contribution in [0.5, 0.6) is 5.75 Å². The minimum atomic E-state index is 0.792. The van der Waals surface area contributed by atoms with Gasteiger partial charge in [0.1, 0.15) is 5.75 Å². The Hall–Kier alpha value is -2.14. The van der Waals surface area contributed by atoms with Crippen LogP contribution in [0.25, 0.3) is 6.08 Å². The van der Waals surface area contributed by atoms with Crippen molar-refractivity contribution in [3.63, 3.8) is 0 Å². The third-order valence-electron chi connectivity index (χ3n) is 3.77. The van der Waals surface area contributed by atoms with Gasteiger partial charge in [-0.2, -0.15) is 5.10 Å². The number of rotatable bonds is 5. The van der Waals surface area contributed by atoms with Crippen LogP contribution in [0, 0.1) is 0 Å². The normalized spacial score (nSPS) is 15.3. The van der Waals surface area contributed by atoms with Crippen molar-refractivity contribution in [2.75, 3.05) is 20.2 Å². The number of H-pyrrole nitrogens is 1. The highest BCUT2D eigenvalue weighted by molar-refractivity contribution is 5.49. The van der Waals surface area contributed by atoms with Crippen molar-refractivity contribution >= 4 is 6.08 Å². The molecule has 3 rings (SSSR count). The van der Waals surface area contributed by atoms with Gasteiger partial charge in [-0.3, -0.25) is 15.0 Å². The van der Waals surface area contributed by atoms with Crippen molar-refractivity contribution in [2.24, 2.45) is 0 Å². The van der Waals surface area contributed by atoms with Crippen molar-refractivity contribution in [1.82, 2.24) is 20.1 Å². The monoisotopic (exact) mass is 284 g/mol. The predicted octanol–water partition coefficient (Wildman–Crippen LogP) is 2.27. The van der Waals surface area contributed by atoms with Gasteiger partial charge < -0.3 is 4.74 Å². The van der Waals surface area contributed by atoms with Crippen LogP contribution in [0.15, 0.2) is 30.7 Å². The first-order chi connectivity index (χ1) is 10.3. The zero-order chi connectivity index (χ0) is 14.5. The zero-order valence-corrected chi connectivity index (χ0v) is 12.2. The molecular formula is C16H20N4O. The SMILES string of the molecule is COc1cncc(/C=C/CCN2CCc3[nH]ncc3C2)c1. The van der Waals surface area contributed by atoms with Crippen molar-refractivity contribution in [2.45, 2.75) is 19.4 Å². The molecule has 0 bridgehead atoms. The molecule has 5 heteroatoms. The number of aromatic nitrogens is 3. The van der Waals surface area contributed by atoms with Gasteiger partial charge in [-0.05, 0) is 18.1 Å². The first-order valence-electron chi connectivity index (χ1n) is 7.24. The summed E-state index contributed by atoms with van der Waals surface area (Å²) >= 11 is 0. The Morgan fingerprint density at radius 1 is 1.38 bits per heavy atom. The molecule has 2 aromatic rings. The number of hydrogen-bond acceptors (Lipinski definition) is 4. The molecule has 0 unspecified atom stereocenters. The highest BCUT2D eigenvalue weighted by atomic mass is 16.5. The quantitative estimate of drug-likeness (QED) is 0.915. The van der Waals surface area contributed by atoms with E-state index in [0.29, 0.717) is 0 Å². The van der Waals surface area contributed by atoms with Gasteiger partial charge in [0.05, 0.1) is 19.5 Å². The largest absolute Gasteiger partial charge is 0.495 e. The number of fused-ring (bicyclic) bond motifs is 1. The van der Waals surface area contributed by atoms with Gasteiger partial charge >= 0.3 is 0 Å². The maximum atomic E-state index is 5.17. The Morgan fingerprint density at radius 2 is 2.33 bits per heavy atom. The summed E-state index contributed by atoms with van der Waals surface area (Å²) in [5, 5.41) is 7.17. The fourth-order valence-corrected chi connectivity index (χ4v) is 2.59. The summed E-state index contributed by atoms with van der Waals surface area (Å²) in [7, 11) is 1.66. The van der Waals surface area contributed by atoms with E-state index in [4.69, 9.17) is 4.74 Å². The Kier molecular flexibility index (Phi) is 4.31. The highest BCUT2D eigenvalue weighted by Gasteiger charge is 2.16. The minimum absolute atomic E-state index is 0.792. The van der Waals surface area contributed by atoms with Crippen LogP contribution in [0.1, 0.15) is 23.2 Å². The van der Waals surface area contributed by atoms with Crippen molar-refractivity contribution in [1.29, 1.82) is 0 Å². The molecule has 1 N–H and O–H groups in total. The Labute approximate surface area is 124 Å². The van der Waals surface area contributed by atoms with Gasteiger partial charge in [-0.25, -0.2) is 0 Å². The topological polar surface area (TPSA) is 54.0 Å². The molecule has 0 amide bonds. The highest BCUT2D eigenvalue weighted by Crippen LogP contribution is 2.16. The number of pyridine rings is 1. The second kappa shape index (κ2) is 6.54. The molecule has 1 aliphatic rings. The molecule has 0 saturated carbocycles. The zero-order valence-electron chi connectivity index (χ0n) is 12.2. The maximum Gasteiger partial charge on any atom is 0.137 e. The Morgan fingerprint density at radius 3 is 3.24 bits per heavy atom. The summed E-state index contributed by atoms with van der Waals surface area (Å²) in [5.41, 5.74) is 3.71. The maximum absolute atomic E-state index is 5.17. The number of aromatic amines is 1. The van der Waals surface area contributed by atoms with Gasteiger partial charge in [0.2, 0.25) is 0 Å². The van der Waals surface area contributed by atoms with Crippen molar-refractivity contribution < 1.29 is 4.74 Å². The number of methoxy groups -OCH3 is 1. The van der Waals surface area contributed by atoms with E-state index in [1.807, 2.05) is 18.5 Å². The van der Waals surface area contributed by atoms with E-state index < -0.39 is 0 Å². The molecular weight excluding hydrogens is 264 g/mol. The van der Waals surface area contributed by atoms with Crippen LogP contribution < -0.4 is 4.74 Å². The molecule has 0 aliphatic carbocycles. The lowest BCUT2D eigenvalue weighted by Crippen LogP contribution is -2.30. The summed E-state index contributed by atoms with van der Waals surface area (Å²) in [6.07, 6.45) is 11.9. The van der Waals surface area contributed by atoms with Crippen molar-refractivity contribution in [3.8, 4) is 5.75 Å². The van der Waals surface area contributed by atoms with Crippen LogP contribution >= 0.6 is 0 Å². The van der Waals surface area contributed by atoms with Gasteiger partial charge in [-0.15, -0.1) is 0 Å². The van der Waals surface area contributed by atoms with E-state index in [1.165, 1.54) is 11.3 Å². The molecule has 21 heavy (non-hydrogen) atoms. The molecule has 0 aromatic carbocycles. The lowest BCUT2D eigenvalue weighted by Gasteiger charge is -2.25. The molecule has 1 aliphatic heterocycles. The first kappa shape index (κ1) is 13.8. The Balaban J connectivity index is 1.49. The lowest BCUT2D eigenvalue weighted by atomic mass is 10.1. The molecule has 2 aromatic heterocycles. The van der Waals surface area contributed by atoms with Crippen LogP contribution in [0.3, 0.4) is 0 Å². The fraction of sp³-hybridized carbons (Fsp3) is 0.375. The molecule has 3 heterocycles. The third-order valence-corrected chi connectivity index (χ3v) is 3.77. The molecule has 110 valence electrons. The predicted molar refractivity (Wildman–Crippen MR) is 82.0 cm³/mol. The summed E-state index contributed by atoms with van der Waals surface area (Å²) in [6.45, 7) is 3.17. The molecule has 0 saturated heterocycles. The van der Waals surface area contributed by atoms with Gasteiger partial charge in [-0.1, -0.05) is 12.2 Å². The van der Waals surface area contributed by atoms with Crippen LogP contribution in [-0.2, 0) is 13.0 Å². The average Bonchev–Trinajstić information content (AvgIpc) is 2.99. The summed E-state index contributed by atoms with van der Waals surface area (Å²) in [6, 6.07) is 1.99. The van der Waals surface area contributed by atoms with Gasteiger partial charge in [0, 0.05) is 43.5 Å². The lowest BCUT2D eigenvalue weighted by molar-refractivity contribution is 0.258. The summed E-state index contributed by atoms with van der Waals surface area (Å²) in [5.74, 6) is 0.792. The van der Waals surface area contributed by atoms with E-state index >= 15 is 0 Å². The average molecular weight is 284 g/mol. The van der Waals surface area contributed by atoms with E-state index in [1.54, 1.807) is 13.3 Å². The molecule has 0 atom stereocenters. The van der Waals surface area contributed by atoms with Gasteiger partial charge in [0.15, 0.2) is 0 Å². The summed E-state index contributed by atoms with van der Waals surface area (Å²) < 4.78 is 5.17. The summed E-state index contributed by atoms with van der Waals surface area (Å²) in [4.78, 5) is 6.61. The molecule has 0 radical (unpaired) electrons. The second-order valence-corrected chi connectivity index (χ2v) is 5.25. The first-order valence-corrected chi connectivity index (χ1v) is 7.24. The van der Waals surface area contributed by atoms with E-state index in [2.05, 4.69) is 32.2 Å². The fourth-order valence-electron chi connectivity index (χ4n) is 2.59. The standard InChI is InChI=1S/C16H20N4O/c1-21-15-8-13(9-17-11-15)4-2-3-6-20-7-5-16-14(12-20)10-18-19-16/h2,4,8-11H,3,5-7,12H2,1H3,(H,18,19)/b4-2+. The van der Waals surface area contributed by atoms with Crippen LogP contribution in [-0.4, -0.2) is 40.3 Å². The van der Waals surface area contributed by atoms with Gasteiger partial charge in [0.25, 0.3) is 0 Å². The molecule has 5 nitrogen and oxygen atoms in total. The Bertz CT molecular complexity index is 620. The van der Waals surface area contributed by atoms with E-state index in [-0.39, 0.29) is 0 Å². The van der Waals surface area contributed by atoms with Crippen LogP contribution in [0.2, 0.25) is 0 Å². The van der Waals surface area contributed by atoms with Crippen molar-refractivity contribution in [3.05, 3.63) is 47.6 Å². The number of nitrogens with zero attached hydrogens (tertiary/aromatic N) is 3.